The Balaban J connectivity index is 1.99. The molecule has 0 amide bonds. The minimum Gasteiger partial charge on any atom is -0.334 e. The van der Waals surface area contributed by atoms with E-state index in [1.807, 2.05) is 45.0 Å². The third-order valence-electron chi connectivity index (χ3n) is 3.80. The maximum Gasteiger partial charge on any atom is 0.353 e. The zero-order valence-corrected chi connectivity index (χ0v) is 14.6. The average molecular weight is 350 g/mol. The first-order chi connectivity index (χ1) is 12.4. The fourth-order valence-electron chi connectivity index (χ4n) is 2.54. The molecule has 8 heteroatoms. The van der Waals surface area contributed by atoms with Crippen molar-refractivity contribution >= 4 is 28.8 Å². The normalized spacial score (nSPS) is 10.4. The van der Waals surface area contributed by atoms with E-state index in [1.165, 1.54) is 6.33 Å². The van der Waals surface area contributed by atoms with Gasteiger partial charge in [0.2, 0.25) is 11.6 Å². The van der Waals surface area contributed by atoms with Crippen LogP contribution in [0.1, 0.15) is 16.7 Å². The molecule has 0 aliphatic rings. The lowest BCUT2D eigenvalue weighted by Crippen LogP contribution is -2.06. The van der Waals surface area contributed by atoms with Crippen molar-refractivity contribution in [1.29, 1.82) is 0 Å². The Morgan fingerprint density at radius 1 is 0.923 bits per heavy atom. The van der Waals surface area contributed by atoms with Gasteiger partial charge in [0.25, 0.3) is 0 Å². The summed E-state index contributed by atoms with van der Waals surface area (Å²) in [5.74, 6) is 0.673. The van der Waals surface area contributed by atoms with E-state index in [-0.39, 0.29) is 17.3 Å². The van der Waals surface area contributed by atoms with Gasteiger partial charge in [0, 0.05) is 11.9 Å². The van der Waals surface area contributed by atoms with Crippen LogP contribution in [-0.2, 0) is 0 Å². The second kappa shape index (κ2) is 7.14. The number of aryl methyl sites for hydroxylation is 3. The van der Waals surface area contributed by atoms with Crippen LogP contribution >= 0.6 is 0 Å². The van der Waals surface area contributed by atoms with Gasteiger partial charge in [0.05, 0.1) is 4.92 Å². The molecule has 0 bridgehead atoms. The van der Waals surface area contributed by atoms with Crippen molar-refractivity contribution in [2.75, 3.05) is 10.6 Å². The topological polar surface area (TPSA) is 106 Å². The molecule has 0 aliphatic carbocycles. The number of aromatic nitrogens is 3. The number of nitro groups is 1. The summed E-state index contributed by atoms with van der Waals surface area (Å²) in [6.45, 7) is 5.83. The van der Waals surface area contributed by atoms with Crippen LogP contribution in [0.4, 0.5) is 28.8 Å². The van der Waals surface area contributed by atoms with E-state index in [9.17, 15) is 10.1 Å². The number of hydrogen-bond acceptors (Lipinski definition) is 7. The van der Waals surface area contributed by atoms with E-state index < -0.39 is 4.92 Å². The zero-order valence-electron chi connectivity index (χ0n) is 14.6. The van der Waals surface area contributed by atoms with E-state index >= 15 is 0 Å². The summed E-state index contributed by atoms with van der Waals surface area (Å²) in [5.41, 5.74) is 3.56. The molecule has 0 aliphatic heterocycles. The van der Waals surface area contributed by atoms with E-state index in [1.54, 1.807) is 12.3 Å². The van der Waals surface area contributed by atoms with Crippen LogP contribution < -0.4 is 10.6 Å². The molecule has 132 valence electrons. The number of nitrogens with zero attached hydrogens (tertiary/aromatic N) is 4. The number of rotatable bonds is 5. The Bertz CT molecular complexity index is 974. The summed E-state index contributed by atoms with van der Waals surface area (Å²) >= 11 is 0. The number of hydrogen-bond donors (Lipinski definition) is 2. The van der Waals surface area contributed by atoms with Crippen molar-refractivity contribution in [3.8, 4) is 0 Å². The van der Waals surface area contributed by atoms with Crippen LogP contribution in [0.5, 0.6) is 0 Å². The van der Waals surface area contributed by atoms with E-state index in [0.29, 0.717) is 5.82 Å². The third-order valence-corrected chi connectivity index (χ3v) is 3.80. The molecule has 1 aromatic carbocycles. The van der Waals surface area contributed by atoms with Gasteiger partial charge in [-0.25, -0.2) is 15.0 Å². The molecule has 0 atom stereocenters. The molecule has 3 aromatic rings. The Hall–Kier alpha value is -3.55. The van der Waals surface area contributed by atoms with Crippen molar-refractivity contribution in [2.24, 2.45) is 0 Å². The van der Waals surface area contributed by atoms with Gasteiger partial charge >= 0.3 is 5.69 Å². The second-order valence-corrected chi connectivity index (χ2v) is 5.96. The fourth-order valence-corrected chi connectivity index (χ4v) is 2.54. The average Bonchev–Trinajstić information content (AvgIpc) is 2.57. The van der Waals surface area contributed by atoms with Gasteiger partial charge in [-0.15, -0.1) is 0 Å². The van der Waals surface area contributed by atoms with Crippen molar-refractivity contribution in [2.45, 2.75) is 20.8 Å². The van der Waals surface area contributed by atoms with Crippen molar-refractivity contribution in [3.63, 3.8) is 0 Å². The molecule has 0 saturated heterocycles. The molecule has 2 aromatic heterocycles. The SMILES string of the molecule is Cc1ccnc(Nc2ncnc(Nc3ccc(C)cc3C)c2[N+](=O)[O-])c1. The zero-order chi connectivity index (χ0) is 18.7. The van der Waals surface area contributed by atoms with E-state index in [2.05, 4.69) is 25.6 Å². The fraction of sp³-hybridized carbons (Fsp3) is 0.167. The van der Waals surface area contributed by atoms with Crippen LogP contribution in [0.3, 0.4) is 0 Å². The molecular weight excluding hydrogens is 332 g/mol. The minimum atomic E-state index is -0.510. The largest absolute Gasteiger partial charge is 0.353 e. The molecule has 3 rings (SSSR count). The van der Waals surface area contributed by atoms with Gasteiger partial charge in [-0.05, 0) is 50.1 Å². The monoisotopic (exact) mass is 350 g/mol. The second-order valence-electron chi connectivity index (χ2n) is 5.96. The van der Waals surface area contributed by atoms with Gasteiger partial charge in [-0.2, -0.15) is 0 Å². The van der Waals surface area contributed by atoms with Crippen molar-refractivity contribution in [3.05, 3.63) is 69.7 Å². The van der Waals surface area contributed by atoms with Crippen molar-refractivity contribution < 1.29 is 4.92 Å². The smallest absolute Gasteiger partial charge is 0.334 e. The highest BCUT2D eigenvalue weighted by molar-refractivity contribution is 5.76. The van der Waals surface area contributed by atoms with Gasteiger partial charge in [-0.1, -0.05) is 17.7 Å². The van der Waals surface area contributed by atoms with E-state index in [4.69, 9.17) is 0 Å². The quantitative estimate of drug-likeness (QED) is 0.525. The molecule has 0 unspecified atom stereocenters. The Morgan fingerprint density at radius 2 is 1.62 bits per heavy atom. The maximum atomic E-state index is 11.7. The first-order valence-electron chi connectivity index (χ1n) is 7.97. The predicted molar refractivity (Wildman–Crippen MR) is 100 cm³/mol. The van der Waals surface area contributed by atoms with Crippen molar-refractivity contribution in [1.82, 2.24) is 15.0 Å². The molecule has 2 N–H and O–H groups in total. The molecule has 0 radical (unpaired) electrons. The lowest BCUT2D eigenvalue weighted by atomic mass is 10.1. The number of benzene rings is 1. The summed E-state index contributed by atoms with van der Waals surface area (Å²) in [4.78, 5) is 23.4. The van der Waals surface area contributed by atoms with Gasteiger partial charge in [0.15, 0.2) is 0 Å². The Morgan fingerprint density at radius 3 is 2.27 bits per heavy atom. The van der Waals surface area contributed by atoms with Crippen LogP contribution in [0, 0.1) is 30.9 Å². The third kappa shape index (κ3) is 3.75. The molecule has 2 heterocycles. The predicted octanol–water partition coefficient (Wildman–Crippen LogP) is 4.19. The number of nitrogens with one attached hydrogen (secondary N) is 2. The molecule has 8 nitrogen and oxygen atoms in total. The highest BCUT2D eigenvalue weighted by atomic mass is 16.6. The molecule has 0 fully saturated rings. The lowest BCUT2D eigenvalue weighted by molar-refractivity contribution is -0.383. The molecule has 26 heavy (non-hydrogen) atoms. The van der Waals surface area contributed by atoms with E-state index in [0.717, 1.165) is 22.4 Å². The molecular formula is C18H18N6O2. The van der Waals surface area contributed by atoms with Gasteiger partial charge < -0.3 is 10.6 Å². The molecule has 0 spiro atoms. The first kappa shape index (κ1) is 17.3. The summed E-state index contributed by atoms with van der Waals surface area (Å²) in [5, 5.41) is 17.6. The standard InChI is InChI=1S/C18H18N6O2/c1-11-4-5-14(13(3)8-11)22-17-16(24(25)26)18(21-10-20-17)23-15-9-12(2)6-7-19-15/h4-10H,1-3H3,(H2,19,20,21,22,23). The Labute approximate surface area is 150 Å². The van der Waals surface area contributed by atoms with Crippen LogP contribution in [0.15, 0.2) is 42.9 Å². The summed E-state index contributed by atoms with van der Waals surface area (Å²) in [7, 11) is 0. The van der Waals surface area contributed by atoms with Gasteiger partial charge in [-0.3, -0.25) is 10.1 Å². The number of pyridine rings is 1. The highest BCUT2D eigenvalue weighted by Gasteiger charge is 2.24. The summed E-state index contributed by atoms with van der Waals surface area (Å²) in [6.07, 6.45) is 2.90. The van der Waals surface area contributed by atoms with Crippen LogP contribution in [0.2, 0.25) is 0 Å². The minimum absolute atomic E-state index is 0.0790. The van der Waals surface area contributed by atoms with Crippen LogP contribution in [-0.4, -0.2) is 19.9 Å². The van der Waals surface area contributed by atoms with Crippen LogP contribution in [0.25, 0.3) is 0 Å². The maximum absolute atomic E-state index is 11.7. The Kier molecular flexibility index (Phi) is 4.74. The summed E-state index contributed by atoms with van der Waals surface area (Å²) < 4.78 is 0. The summed E-state index contributed by atoms with van der Waals surface area (Å²) in [6, 6.07) is 9.41. The first-order valence-corrected chi connectivity index (χ1v) is 7.97. The molecule has 0 saturated carbocycles. The lowest BCUT2D eigenvalue weighted by Gasteiger charge is -2.12. The number of anilines is 4. The van der Waals surface area contributed by atoms with Gasteiger partial charge in [0.1, 0.15) is 12.1 Å². The highest BCUT2D eigenvalue weighted by Crippen LogP contribution is 2.33.